The molecule has 0 spiro atoms. The maximum Gasteiger partial charge on any atom is 0.140 e. The van der Waals surface area contributed by atoms with Gasteiger partial charge in [0.25, 0.3) is 0 Å². The first-order valence-electron chi connectivity index (χ1n) is 5.24. The van der Waals surface area contributed by atoms with E-state index in [1.54, 1.807) is 6.07 Å². The van der Waals surface area contributed by atoms with Gasteiger partial charge in [-0.1, -0.05) is 0 Å². The quantitative estimate of drug-likeness (QED) is 0.837. The van der Waals surface area contributed by atoms with Crippen LogP contribution in [0.1, 0.15) is 24.5 Å². The summed E-state index contributed by atoms with van der Waals surface area (Å²) in [5, 5.41) is 0. The summed E-state index contributed by atoms with van der Waals surface area (Å²) in [7, 11) is 0. The lowest BCUT2D eigenvalue weighted by Crippen LogP contribution is -1.88. The molecule has 1 fully saturated rings. The van der Waals surface area contributed by atoms with Crippen LogP contribution in [0.3, 0.4) is 0 Å². The Bertz CT molecular complexity index is 532. The van der Waals surface area contributed by atoms with Crippen molar-refractivity contribution in [1.82, 2.24) is 9.97 Å². The highest BCUT2D eigenvalue weighted by atomic mass is 127. The Morgan fingerprint density at radius 3 is 2.94 bits per heavy atom. The van der Waals surface area contributed by atoms with Gasteiger partial charge in [0.1, 0.15) is 11.6 Å². The van der Waals surface area contributed by atoms with E-state index < -0.39 is 0 Å². The second-order valence-electron chi connectivity index (χ2n) is 4.09. The van der Waals surface area contributed by atoms with Crippen LogP contribution < -0.4 is 0 Å². The van der Waals surface area contributed by atoms with Crippen LogP contribution in [0.2, 0.25) is 0 Å². The molecule has 0 atom stereocenters. The minimum atomic E-state index is -0.225. The number of rotatable bonds is 2. The molecular formula is C12H10FIN2. The van der Waals surface area contributed by atoms with Crippen LogP contribution in [0.15, 0.2) is 24.4 Å². The fraction of sp³-hybridized carbons (Fsp3) is 0.250. The highest BCUT2D eigenvalue weighted by molar-refractivity contribution is 14.1. The fourth-order valence-electron chi connectivity index (χ4n) is 1.75. The summed E-state index contributed by atoms with van der Waals surface area (Å²) >= 11 is 2.17. The van der Waals surface area contributed by atoms with Crippen molar-refractivity contribution in [1.29, 1.82) is 0 Å². The molecule has 1 saturated carbocycles. The van der Waals surface area contributed by atoms with Crippen LogP contribution >= 0.6 is 22.6 Å². The Labute approximate surface area is 106 Å². The third-order valence-corrected chi connectivity index (χ3v) is 3.47. The lowest BCUT2D eigenvalue weighted by Gasteiger charge is -2.00. The summed E-state index contributed by atoms with van der Waals surface area (Å²) in [5.41, 5.74) is 1.69. The van der Waals surface area contributed by atoms with E-state index >= 15 is 0 Å². The van der Waals surface area contributed by atoms with Crippen molar-refractivity contribution < 1.29 is 4.39 Å². The summed E-state index contributed by atoms with van der Waals surface area (Å²) in [5.74, 6) is 1.03. The number of H-pyrrole nitrogens is 1. The van der Waals surface area contributed by atoms with E-state index in [0.717, 1.165) is 9.26 Å². The molecule has 82 valence electrons. The van der Waals surface area contributed by atoms with Crippen molar-refractivity contribution in [2.24, 2.45) is 0 Å². The van der Waals surface area contributed by atoms with E-state index in [9.17, 15) is 4.39 Å². The summed E-state index contributed by atoms with van der Waals surface area (Å²) in [6.07, 6.45) is 4.26. The lowest BCUT2D eigenvalue weighted by atomic mass is 10.2. The van der Waals surface area contributed by atoms with Gasteiger partial charge in [-0.05, 0) is 53.6 Å². The Hall–Kier alpha value is -0.910. The zero-order valence-corrected chi connectivity index (χ0v) is 10.7. The maximum absolute atomic E-state index is 13.6. The predicted molar refractivity (Wildman–Crippen MR) is 68.7 cm³/mol. The number of nitrogens with zero attached hydrogens (tertiary/aromatic N) is 1. The number of benzene rings is 1. The SMILES string of the molecule is Fc1ccc(I)cc1-c1ncc(C2CC2)[nH]1. The average molecular weight is 328 g/mol. The molecule has 0 saturated heterocycles. The van der Waals surface area contributed by atoms with Crippen LogP contribution in [-0.4, -0.2) is 9.97 Å². The third-order valence-electron chi connectivity index (χ3n) is 2.80. The molecule has 0 bridgehead atoms. The predicted octanol–water partition coefficient (Wildman–Crippen LogP) is 3.70. The minimum absolute atomic E-state index is 0.225. The van der Waals surface area contributed by atoms with Crippen LogP contribution in [0.4, 0.5) is 4.39 Å². The normalized spacial score (nSPS) is 15.4. The molecule has 1 aromatic heterocycles. The number of aromatic nitrogens is 2. The average Bonchev–Trinajstić information content (AvgIpc) is 3.01. The maximum atomic E-state index is 13.6. The second kappa shape index (κ2) is 3.84. The summed E-state index contributed by atoms with van der Waals surface area (Å²) in [6.45, 7) is 0. The van der Waals surface area contributed by atoms with Gasteiger partial charge in [0.15, 0.2) is 0 Å². The molecule has 2 nitrogen and oxygen atoms in total. The van der Waals surface area contributed by atoms with Crippen molar-refractivity contribution in [3.63, 3.8) is 0 Å². The lowest BCUT2D eigenvalue weighted by molar-refractivity contribution is 0.630. The van der Waals surface area contributed by atoms with E-state index in [0.29, 0.717) is 17.3 Å². The van der Waals surface area contributed by atoms with Gasteiger partial charge in [-0.15, -0.1) is 0 Å². The zero-order chi connectivity index (χ0) is 11.1. The first-order chi connectivity index (χ1) is 7.74. The smallest absolute Gasteiger partial charge is 0.140 e. The fourth-order valence-corrected chi connectivity index (χ4v) is 2.24. The number of nitrogens with one attached hydrogen (secondary N) is 1. The third kappa shape index (κ3) is 1.86. The van der Waals surface area contributed by atoms with Crippen LogP contribution in [0, 0.1) is 9.39 Å². The molecule has 0 unspecified atom stereocenters. The first-order valence-corrected chi connectivity index (χ1v) is 6.32. The largest absolute Gasteiger partial charge is 0.342 e. The highest BCUT2D eigenvalue weighted by Gasteiger charge is 2.25. The molecule has 2 aromatic rings. The molecule has 0 aliphatic heterocycles. The molecule has 16 heavy (non-hydrogen) atoms. The van der Waals surface area contributed by atoms with Gasteiger partial charge in [0, 0.05) is 21.4 Å². The second-order valence-corrected chi connectivity index (χ2v) is 5.33. The molecule has 1 heterocycles. The van der Waals surface area contributed by atoms with Gasteiger partial charge in [0.05, 0.1) is 5.56 Å². The van der Waals surface area contributed by atoms with Gasteiger partial charge in [0.2, 0.25) is 0 Å². The van der Waals surface area contributed by atoms with Crippen LogP contribution in [0.5, 0.6) is 0 Å². The van der Waals surface area contributed by atoms with Crippen molar-refractivity contribution in [3.8, 4) is 11.4 Å². The van der Waals surface area contributed by atoms with Gasteiger partial charge in [-0.2, -0.15) is 0 Å². The van der Waals surface area contributed by atoms with Gasteiger partial charge in [-0.25, -0.2) is 9.37 Å². The Morgan fingerprint density at radius 1 is 1.38 bits per heavy atom. The zero-order valence-electron chi connectivity index (χ0n) is 8.50. The van der Waals surface area contributed by atoms with E-state index in [1.165, 1.54) is 18.9 Å². The molecule has 1 N–H and O–H groups in total. The monoisotopic (exact) mass is 328 g/mol. The van der Waals surface area contributed by atoms with Gasteiger partial charge in [-0.3, -0.25) is 0 Å². The van der Waals surface area contributed by atoms with Crippen molar-refractivity contribution >= 4 is 22.6 Å². The topological polar surface area (TPSA) is 28.7 Å². The number of halogens is 2. The summed E-state index contributed by atoms with van der Waals surface area (Å²) in [6, 6.07) is 5.05. The minimum Gasteiger partial charge on any atom is -0.342 e. The number of hydrogen-bond donors (Lipinski definition) is 1. The Kier molecular flexibility index (Phi) is 2.46. The molecule has 1 aliphatic carbocycles. The number of hydrogen-bond acceptors (Lipinski definition) is 1. The van der Waals surface area contributed by atoms with E-state index in [2.05, 4.69) is 32.6 Å². The highest BCUT2D eigenvalue weighted by Crippen LogP contribution is 2.39. The Morgan fingerprint density at radius 2 is 2.19 bits per heavy atom. The summed E-state index contributed by atoms with van der Waals surface area (Å²) in [4.78, 5) is 7.46. The molecule has 1 aliphatic rings. The number of aromatic amines is 1. The van der Waals surface area contributed by atoms with E-state index in [-0.39, 0.29) is 5.82 Å². The van der Waals surface area contributed by atoms with Crippen molar-refractivity contribution in [2.75, 3.05) is 0 Å². The van der Waals surface area contributed by atoms with Gasteiger partial charge < -0.3 is 4.98 Å². The van der Waals surface area contributed by atoms with Crippen molar-refractivity contribution in [2.45, 2.75) is 18.8 Å². The molecule has 4 heteroatoms. The Balaban J connectivity index is 2.03. The molecular weight excluding hydrogens is 318 g/mol. The first kappa shape index (κ1) is 10.3. The number of imidazole rings is 1. The molecule has 0 amide bonds. The van der Waals surface area contributed by atoms with Crippen LogP contribution in [-0.2, 0) is 0 Å². The van der Waals surface area contributed by atoms with Gasteiger partial charge >= 0.3 is 0 Å². The van der Waals surface area contributed by atoms with Crippen LogP contribution in [0.25, 0.3) is 11.4 Å². The molecule has 1 aromatic carbocycles. The van der Waals surface area contributed by atoms with Crippen molar-refractivity contribution in [3.05, 3.63) is 39.5 Å². The van der Waals surface area contributed by atoms with E-state index in [1.807, 2.05) is 12.3 Å². The summed E-state index contributed by atoms with van der Waals surface area (Å²) < 4.78 is 14.6. The molecule has 3 rings (SSSR count). The van der Waals surface area contributed by atoms with E-state index in [4.69, 9.17) is 0 Å². The molecule has 0 radical (unpaired) electrons. The standard InChI is InChI=1S/C12H10FIN2/c13-10-4-3-8(14)5-9(10)12-15-6-11(16-12)7-1-2-7/h3-7H,1-2H2,(H,15,16).